The van der Waals surface area contributed by atoms with Gasteiger partial charge in [-0.2, -0.15) is 0 Å². The van der Waals surface area contributed by atoms with Crippen molar-refractivity contribution in [1.29, 1.82) is 0 Å². The van der Waals surface area contributed by atoms with Crippen molar-refractivity contribution in [3.63, 3.8) is 0 Å². The molecule has 0 saturated carbocycles. The van der Waals surface area contributed by atoms with Gasteiger partial charge in [0.25, 0.3) is 0 Å². The molecule has 0 aliphatic heterocycles. The first-order valence-corrected chi connectivity index (χ1v) is 13.8. The lowest BCUT2D eigenvalue weighted by molar-refractivity contribution is -0.158. The first-order valence-electron chi connectivity index (χ1n) is 12.3. The molecule has 2 N–H and O–H groups in total. The summed E-state index contributed by atoms with van der Waals surface area (Å²) in [6.45, 7) is 1.06. The Balaban J connectivity index is 4.38. The number of carbonyl (C=O) groups excluding carboxylic acids is 2. The van der Waals surface area contributed by atoms with Crippen molar-refractivity contribution in [1.82, 2.24) is 0 Å². The Labute approximate surface area is 220 Å². The zero-order valence-electron chi connectivity index (χ0n) is 21.3. The highest BCUT2D eigenvalue weighted by atomic mass is 31.2. The van der Waals surface area contributed by atoms with Crippen molar-refractivity contribution in [2.45, 2.75) is 90.1 Å². The predicted octanol–water partition coefficient (Wildman–Crippen LogP) is 3.90. The van der Waals surface area contributed by atoms with Crippen LogP contribution in [-0.4, -0.2) is 41.0 Å². The van der Waals surface area contributed by atoms with Crippen LogP contribution in [0.15, 0.2) is 0 Å². The van der Waals surface area contributed by atoms with E-state index in [4.69, 9.17) is 25.7 Å². The van der Waals surface area contributed by atoms with Gasteiger partial charge in [0, 0.05) is 12.3 Å². The van der Waals surface area contributed by atoms with Gasteiger partial charge in [0.2, 0.25) is 0 Å². The zero-order chi connectivity index (χ0) is 27.6. The molecule has 0 radical (unpaired) electrons. The fraction of sp³-hybridized carbons (Fsp3) is 0.571. The van der Waals surface area contributed by atoms with Crippen LogP contribution in [0.3, 0.4) is 0 Å². The van der Waals surface area contributed by atoms with Crippen LogP contribution in [0.25, 0.3) is 0 Å². The molecule has 0 aromatic heterocycles. The Kier molecular flexibility index (Phi) is 21.3. The van der Waals surface area contributed by atoms with Gasteiger partial charge in [0.15, 0.2) is 6.10 Å². The van der Waals surface area contributed by atoms with Crippen LogP contribution < -0.4 is 0 Å². The van der Waals surface area contributed by atoms with Crippen molar-refractivity contribution in [2.24, 2.45) is 0 Å². The highest BCUT2D eigenvalue weighted by Gasteiger charge is 2.22. The lowest BCUT2D eigenvalue weighted by Gasteiger charge is -2.17. The Morgan fingerprint density at radius 3 is 1.84 bits per heavy atom. The molecule has 0 fully saturated rings. The molecule has 0 heterocycles. The third-order valence-electron chi connectivity index (χ3n) is 4.72. The third-order valence-corrected chi connectivity index (χ3v) is 5.21. The SMILES string of the molecule is C#CC#CC#CC#CC#CC(=O)OC[C@@H](COP(=O)(O)O)OC(=O)CCCCCCCCCCCCC. The molecule has 0 rings (SSSR count). The minimum absolute atomic E-state index is 0.138. The third kappa shape index (κ3) is 25.7. The van der Waals surface area contributed by atoms with E-state index < -0.39 is 39.1 Å². The molecular weight excluding hydrogens is 495 g/mol. The van der Waals surface area contributed by atoms with Crippen molar-refractivity contribution in [3.05, 3.63) is 0 Å². The number of rotatable bonds is 18. The number of terminal acetylenes is 1. The number of hydrogen-bond donors (Lipinski definition) is 2. The smallest absolute Gasteiger partial charge is 0.456 e. The molecule has 0 saturated heterocycles. The Hall–Kier alpha value is -3.15. The molecule has 0 amide bonds. The summed E-state index contributed by atoms with van der Waals surface area (Å²) in [5, 5.41) is 0. The summed E-state index contributed by atoms with van der Waals surface area (Å²) < 4.78 is 25.4. The van der Waals surface area contributed by atoms with Crippen LogP contribution in [-0.2, 0) is 28.2 Å². The fourth-order valence-corrected chi connectivity index (χ4v) is 3.31. The molecule has 0 aliphatic carbocycles. The summed E-state index contributed by atoms with van der Waals surface area (Å²) in [5.74, 6) is 18.8. The number of phosphoric ester groups is 1. The molecule has 0 aliphatic rings. The molecule has 200 valence electrons. The van der Waals surface area contributed by atoms with Crippen LogP contribution in [0.1, 0.15) is 84.0 Å². The Morgan fingerprint density at radius 2 is 1.30 bits per heavy atom. The van der Waals surface area contributed by atoms with Gasteiger partial charge in [-0.1, -0.05) is 71.1 Å². The molecule has 0 spiro atoms. The molecule has 0 aromatic carbocycles. The second-order valence-electron chi connectivity index (χ2n) is 7.93. The van der Waals surface area contributed by atoms with Crippen LogP contribution in [0, 0.1) is 59.7 Å². The van der Waals surface area contributed by atoms with Gasteiger partial charge in [-0.25, -0.2) is 9.36 Å². The average Bonchev–Trinajstić information content (AvgIpc) is 2.85. The van der Waals surface area contributed by atoms with Crippen molar-refractivity contribution in [3.8, 4) is 59.7 Å². The summed E-state index contributed by atoms with van der Waals surface area (Å²) in [7, 11) is -4.81. The Bertz CT molecular complexity index is 1020. The van der Waals surface area contributed by atoms with Crippen molar-refractivity contribution in [2.75, 3.05) is 13.2 Å². The second kappa shape index (κ2) is 23.3. The monoisotopic (exact) mass is 530 g/mol. The second-order valence-corrected chi connectivity index (χ2v) is 9.17. The topological polar surface area (TPSA) is 119 Å². The predicted molar refractivity (Wildman–Crippen MR) is 140 cm³/mol. The molecule has 0 bridgehead atoms. The van der Waals surface area contributed by atoms with Gasteiger partial charge in [-0.05, 0) is 53.8 Å². The van der Waals surface area contributed by atoms with E-state index in [1.807, 2.05) is 0 Å². The summed E-state index contributed by atoms with van der Waals surface area (Å²) in [6, 6.07) is 0. The van der Waals surface area contributed by atoms with Crippen LogP contribution >= 0.6 is 7.82 Å². The average molecular weight is 531 g/mol. The number of unbranched alkanes of at least 4 members (excludes halogenated alkanes) is 10. The van der Waals surface area contributed by atoms with Crippen LogP contribution in [0.4, 0.5) is 0 Å². The first-order chi connectivity index (χ1) is 17.8. The number of esters is 2. The summed E-state index contributed by atoms with van der Waals surface area (Å²) in [4.78, 5) is 41.6. The molecule has 0 unspecified atom stereocenters. The molecule has 8 nitrogen and oxygen atoms in total. The number of ether oxygens (including phenoxy) is 2. The van der Waals surface area contributed by atoms with E-state index in [-0.39, 0.29) is 6.42 Å². The maximum Gasteiger partial charge on any atom is 0.469 e. The van der Waals surface area contributed by atoms with Crippen molar-refractivity contribution >= 4 is 19.8 Å². The zero-order valence-corrected chi connectivity index (χ0v) is 22.2. The van der Waals surface area contributed by atoms with E-state index >= 15 is 0 Å². The minimum atomic E-state index is -4.81. The number of hydrogen-bond acceptors (Lipinski definition) is 6. The molecule has 1 atom stereocenters. The number of carbonyl (C=O) groups is 2. The highest BCUT2D eigenvalue weighted by molar-refractivity contribution is 7.46. The lowest BCUT2D eigenvalue weighted by Crippen LogP contribution is -2.29. The van der Waals surface area contributed by atoms with E-state index in [0.717, 1.165) is 19.3 Å². The van der Waals surface area contributed by atoms with Crippen LogP contribution in [0.2, 0.25) is 0 Å². The van der Waals surface area contributed by atoms with E-state index in [2.05, 4.69) is 64.7 Å². The van der Waals surface area contributed by atoms with Crippen molar-refractivity contribution < 1.29 is 37.9 Å². The number of phosphoric acid groups is 1. The highest BCUT2D eigenvalue weighted by Crippen LogP contribution is 2.35. The maximum atomic E-state index is 12.1. The molecule has 37 heavy (non-hydrogen) atoms. The van der Waals surface area contributed by atoms with Gasteiger partial charge in [-0.3, -0.25) is 9.32 Å². The van der Waals surface area contributed by atoms with Gasteiger partial charge < -0.3 is 19.3 Å². The van der Waals surface area contributed by atoms with Gasteiger partial charge >= 0.3 is 19.8 Å². The largest absolute Gasteiger partial charge is 0.469 e. The summed E-state index contributed by atoms with van der Waals surface area (Å²) >= 11 is 0. The quantitative estimate of drug-likeness (QED) is 0.0901. The normalized spacial score (nSPS) is 10.4. The first kappa shape index (κ1) is 33.8. The van der Waals surface area contributed by atoms with Gasteiger partial charge in [0.1, 0.15) is 6.61 Å². The molecule has 9 heteroatoms. The molecular formula is C28H35O8P. The lowest BCUT2D eigenvalue weighted by atomic mass is 10.1. The Morgan fingerprint density at radius 1 is 0.784 bits per heavy atom. The maximum absolute atomic E-state index is 12.1. The van der Waals surface area contributed by atoms with E-state index in [9.17, 15) is 14.2 Å². The van der Waals surface area contributed by atoms with E-state index in [0.29, 0.717) is 6.42 Å². The fourth-order valence-electron chi connectivity index (χ4n) is 2.95. The van der Waals surface area contributed by atoms with E-state index in [1.165, 1.54) is 44.9 Å². The summed E-state index contributed by atoms with van der Waals surface area (Å²) in [5.41, 5.74) is 0. The standard InChI is InChI=1S/C28H35O8P/c1-3-5-7-9-11-13-14-15-17-19-21-23-28(30)36-26(25-35-37(31,32)33)24-34-27(29)22-20-18-16-12-10-8-6-4-2/h2,26H,3,5,7,9,11,13-15,17,19,21,23-25H2,1H3,(H2,31,32,33)/t26-/m0/s1. The minimum Gasteiger partial charge on any atom is -0.456 e. The van der Waals surface area contributed by atoms with Crippen LogP contribution in [0.5, 0.6) is 0 Å². The van der Waals surface area contributed by atoms with Gasteiger partial charge in [-0.15, -0.1) is 6.42 Å². The van der Waals surface area contributed by atoms with E-state index in [1.54, 1.807) is 0 Å². The molecule has 0 aromatic rings. The van der Waals surface area contributed by atoms with Gasteiger partial charge in [0.05, 0.1) is 6.61 Å². The summed E-state index contributed by atoms with van der Waals surface area (Å²) in [6.07, 6.45) is 16.3.